The van der Waals surface area contributed by atoms with Gasteiger partial charge >= 0.3 is 0 Å². The van der Waals surface area contributed by atoms with Gasteiger partial charge in [0.2, 0.25) is 5.91 Å². The molecule has 0 radical (unpaired) electrons. The number of nitrogens with zero attached hydrogens (tertiary/aromatic N) is 2. The highest BCUT2D eigenvalue weighted by atomic mass is 19.3. The van der Waals surface area contributed by atoms with Crippen molar-refractivity contribution < 1.29 is 27.9 Å². The van der Waals surface area contributed by atoms with E-state index >= 15 is 0 Å². The summed E-state index contributed by atoms with van der Waals surface area (Å²) in [5.41, 5.74) is 5.22. The van der Waals surface area contributed by atoms with E-state index < -0.39 is 30.2 Å². The summed E-state index contributed by atoms with van der Waals surface area (Å²) >= 11 is 0. The summed E-state index contributed by atoms with van der Waals surface area (Å²) in [6, 6.07) is 2.72. The lowest BCUT2D eigenvalue weighted by Gasteiger charge is -2.34. The second kappa shape index (κ2) is 10.1. The van der Waals surface area contributed by atoms with Gasteiger partial charge in [-0.3, -0.25) is 19.3 Å². The number of amides is 3. The molecule has 0 spiro atoms. The van der Waals surface area contributed by atoms with Crippen LogP contribution in [-0.2, 0) is 19.1 Å². The van der Waals surface area contributed by atoms with Gasteiger partial charge in [0.1, 0.15) is 6.61 Å². The maximum atomic E-state index is 13.8. The Labute approximate surface area is 192 Å². The lowest BCUT2D eigenvalue weighted by molar-refractivity contribution is -0.133. The number of anilines is 2. The molecule has 0 unspecified atom stereocenters. The number of ether oxygens (including phenoxy) is 1. The molecular formula is C23H32F2N4O4. The molecule has 3 rings (SSSR count). The first-order chi connectivity index (χ1) is 15.5. The molecule has 8 nitrogen and oxygen atoms in total. The van der Waals surface area contributed by atoms with Gasteiger partial charge in [-0.2, -0.15) is 0 Å². The molecule has 3 N–H and O–H groups in total. The number of hydrogen-bond acceptors (Lipinski definition) is 5. The second-order valence-corrected chi connectivity index (χ2v) is 9.90. The molecule has 10 heteroatoms. The number of benzene rings is 1. The summed E-state index contributed by atoms with van der Waals surface area (Å²) < 4.78 is 32.7. The topological polar surface area (TPSA) is 105 Å². The fourth-order valence-electron chi connectivity index (χ4n) is 4.01. The second-order valence-electron chi connectivity index (χ2n) is 9.90. The lowest BCUT2D eigenvalue weighted by Crippen LogP contribution is -2.54. The molecule has 1 aliphatic carbocycles. The SMILES string of the molecule is CC(C)(C)CN(CC1CC1)[C@@H](C(N)=O)C(=O)Nc1ccc(N2CCOCC2=O)c(C(F)F)c1. The van der Waals surface area contributed by atoms with E-state index in [1.165, 1.54) is 17.0 Å². The highest BCUT2D eigenvalue weighted by molar-refractivity contribution is 6.09. The lowest BCUT2D eigenvalue weighted by atomic mass is 9.94. The highest BCUT2D eigenvalue weighted by Crippen LogP contribution is 2.34. The summed E-state index contributed by atoms with van der Waals surface area (Å²) in [6.07, 6.45) is -0.799. The van der Waals surface area contributed by atoms with E-state index in [1.807, 2.05) is 20.8 Å². The quantitative estimate of drug-likeness (QED) is 0.544. The van der Waals surface area contributed by atoms with E-state index in [2.05, 4.69) is 5.32 Å². The van der Waals surface area contributed by atoms with E-state index in [9.17, 15) is 23.2 Å². The largest absolute Gasteiger partial charge is 0.370 e. The number of nitrogens with two attached hydrogens (primary N) is 1. The first kappa shape index (κ1) is 25.0. The minimum absolute atomic E-state index is 0.0749. The molecule has 1 aliphatic heterocycles. The van der Waals surface area contributed by atoms with Crippen LogP contribution in [-0.4, -0.2) is 61.5 Å². The maximum Gasteiger partial charge on any atom is 0.265 e. The van der Waals surface area contributed by atoms with Crippen molar-refractivity contribution in [3.63, 3.8) is 0 Å². The predicted molar refractivity (Wildman–Crippen MR) is 120 cm³/mol. The van der Waals surface area contributed by atoms with E-state index in [0.29, 0.717) is 19.0 Å². The highest BCUT2D eigenvalue weighted by Gasteiger charge is 2.37. The first-order valence-corrected chi connectivity index (χ1v) is 11.1. The van der Waals surface area contributed by atoms with Gasteiger partial charge in [0.15, 0.2) is 6.04 Å². The molecule has 33 heavy (non-hydrogen) atoms. The Bertz CT molecular complexity index is 899. The fourth-order valence-corrected chi connectivity index (χ4v) is 4.01. The van der Waals surface area contributed by atoms with Crippen LogP contribution in [0, 0.1) is 11.3 Å². The van der Waals surface area contributed by atoms with Crippen LogP contribution in [0.4, 0.5) is 20.2 Å². The number of alkyl halides is 2. The van der Waals surface area contributed by atoms with Gasteiger partial charge in [0.25, 0.3) is 18.2 Å². The number of hydrogen-bond donors (Lipinski definition) is 2. The van der Waals surface area contributed by atoms with Gasteiger partial charge < -0.3 is 20.7 Å². The number of carbonyl (C=O) groups excluding carboxylic acids is 3. The van der Waals surface area contributed by atoms with Crippen molar-refractivity contribution in [2.45, 2.75) is 46.1 Å². The van der Waals surface area contributed by atoms with Crippen LogP contribution in [0.5, 0.6) is 0 Å². The Balaban J connectivity index is 1.83. The minimum atomic E-state index is -2.87. The number of rotatable bonds is 9. The van der Waals surface area contributed by atoms with Crippen molar-refractivity contribution in [1.82, 2.24) is 4.90 Å². The Kier molecular flexibility index (Phi) is 7.69. The van der Waals surface area contributed by atoms with Crippen molar-refractivity contribution in [3.05, 3.63) is 23.8 Å². The average Bonchev–Trinajstić information content (AvgIpc) is 3.51. The summed E-state index contributed by atoms with van der Waals surface area (Å²) in [5, 5.41) is 2.58. The van der Waals surface area contributed by atoms with Crippen molar-refractivity contribution in [2.75, 3.05) is 43.1 Å². The van der Waals surface area contributed by atoms with Crippen LogP contribution in [0.25, 0.3) is 0 Å². The molecule has 0 aromatic heterocycles. The number of carbonyl (C=O) groups is 3. The zero-order valence-electron chi connectivity index (χ0n) is 19.3. The minimum Gasteiger partial charge on any atom is -0.370 e. The molecule has 182 valence electrons. The van der Waals surface area contributed by atoms with Gasteiger partial charge in [0.05, 0.1) is 12.3 Å². The standard InChI is InChI=1S/C23H32F2N4O4/c1-23(2,3)13-28(11-14-4-5-14)19(21(26)31)22(32)27-15-6-7-17(16(10-15)20(24)25)29-8-9-33-12-18(29)30/h6-7,10,14,19-20H,4-5,8-9,11-13H2,1-3H3,(H2,26,31)(H,27,32)/t19-/m0/s1. The zero-order valence-corrected chi connectivity index (χ0v) is 19.3. The molecular weight excluding hydrogens is 434 g/mol. The summed E-state index contributed by atoms with van der Waals surface area (Å²) in [7, 11) is 0. The molecule has 2 aliphatic rings. The van der Waals surface area contributed by atoms with Crippen molar-refractivity contribution in [1.29, 1.82) is 0 Å². The van der Waals surface area contributed by atoms with Crippen LogP contribution in [0.3, 0.4) is 0 Å². The summed E-state index contributed by atoms with van der Waals surface area (Å²) in [4.78, 5) is 40.5. The normalized spacial score (nSPS) is 18.0. The number of halogens is 2. The molecule has 1 heterocycles. The van der Waals surface area contributed by atoms with Crippen molar-refractivity contribution in [2.24, 2.45) is 17.1 Å². The Hall–Kier alpha value is -2.59. The number of nitrogens with one attached hydrogen (secondary N) is 1. The molecule has 1 saturated carbocycles. The van der Waals surface area contributed by atoms with Gasteiger partial charge in [-0.05, 0) is 42.4 Å². The third-order valence-corrected chi connectivity index (χ3v) is 5.56. The number of morpholine rings is 1. The van der Waals surface area contributed by atoms with Crippen LogP contribution in [0.2, 0.25) is 0 Å². The Morgan fingerprint density at radius 3 is 2.55 bits per heavy atom. The monoisotopic (exact) mass is 466 g/mol. The van der Waals surface area contributed by atoms with Crippen LogP contribution < -0.4 is 16.0 Å². The molecule has 3 amide bonds. The average molecular weight is 467 g/mol. The van der Waals surface area contributed by atoms with Gasteiger partial charge in [-0.1, -0.05) is 20.8 Å². The first-order valence-electron chi connectivity index (χ1n) is 11.1. The third kappa shape index (κ3) is 6.70. The van der Waals surface area contributed by atoms with Gasteiger partial charge in [-0.25, -0.2) is 8.78 Å². The zero-order chi connectivity index (χ0) is 24.3. The smallest absolute Gasteiger partial charge is 0.265 e. The van der Waals surface area contributed by atoms with Crippen molar-refractivity contribution >= 4 is 29.1 Å². The van der Waals surface area contributed by atoms with Gasteiger partial charge in [0, 0.05) is 30.9 Å². The molecule has 2 fully saturated rings. The van der Waals surface area contributed by atoms with E-state index in [0.717, 1.165) is 18.9 Å². The van der Waals surface area contributed by atoms with Crippen LogP contribution in [0.1, 0.15) is 45.6 Å². The van der Waals surface area contributed by atoms with E-state index in [4.69, 9.17) is 10.5 Å². The molecule has 1 aromatic carbocycles. The Morgan fingerprint density at radius 2 is 2.00 bits per heavy atom. The number of primary amides is 1. The summed E-state index contributed by atoms with van der Waals surface area (Å²) in [6.45, 7) is 7.29. The van der Waals surface area contributed by atoms with Crippen molar-refractivity contribution in [3.8, 4) is 0 Å². The molecule has 1 atom stereocenters. The van der Waals surface area contributed by atoms with Crippen LogP contribution >= 0.6 is 0 Å². The van der Waals surface area contributed by atoms with Crippen LogP contribution in [0.15, 0.2) is 18.2 Å². The van der Waals surface area contributed by atoms with Gasteiger partial charge in [-0.15, -0.1) is 0 Å². The predicted octanol–water partition coefficient (Wildman–Crippen LogP) is 2.54. The molecule has 1 saturated heterocycles. The van der Waals surface area contributed by atoms with E-state index in [-0.39, 0.29) is 42.1 Å². The molecule has 1 aromatic rings. The maximum absolute atomic E-state index is 13.8. The Morgan fingerprint density at radius 1 is 1.30 bits per heavy atom. The third-order valence-electron chi connectivity index (χ3n) is 5.56. The molecule has 0 bridgehead atoms. The fraction of sp³-hybridized carbons (Fsp3) is 0.609. The van der Waals surface area contributed by atoms with E-state index in [1.54, 1.807) is 4.90 Å². The summed E-state index contributed by atoms with van der Waals surface area (Å²) in [5.74, 6) is -1.45.